The molecular weight excluding hydrogens is 202 g/mol. The van der Waals surface area contributed by atoms with Crippen molar-refractivity contribution in [3.63, 3.8) is 0 Å². The van der Waals surface area contributed by atoms with E-state index >= 15 is 0 Å². The van der Waals surface area contributed by atoms with Crippen LogP contribution >= 0.6 is 0 Å². The first-order valence-electron chi connectivity index (χ1n) is 6.50. The fraction of sp³-hybridized carbons (Fsp3) is 1.00. The maximum Gasteiger partial charge on any atom is 0.0755 e. The van der Waals surface area contributed by atoms with Gasteiger partial charge in [-0.1, -0.05) is 20.8 Å². The maximum absolute atomic E-state index is 10.9. The molecule has 0 radical (unpaired) electrons. The van der Waals surface area contributed by atoms with Crippen LogP contribution in [0, 0.1) is 11.3 Å². The Morgan fingerprint density at radius 2 is 1.81 bits per heavy atom. The third-order valence-electron chi connectivity index (χ3n) is 5.17. The van der Waals surface area contributed by atoms with Crippen LogP contribution in [0.1, 0.15) is 46.5 Å². The standard InChI is InChI=1S/C13H25NO2/c1-9(2)12(3,8-15)13(16)6-10-4-5-11(7-13)14-10/h9-11,14-16H,4-8H2,1-3H3. The Hall–Kier alpha value is -0.120. The summed E-state index contributed by atoms with van der Waals surface area (Å²) in [5.74, 6) is 0.292. The number of nitrogens with one attached hydrogen (secondary N) is 1. The molecule has 2 rings (SSSR count). The van der Waals surface area contributed by atoms with E-state index in [1.807, 2.05) is 6.92 Å². The molecule has 2 fully saturated rings. The first-order chi connectivity index (χ1) is 7.41. The molecule has 0 aliphatic carbocycles. The molecule has 0 aromatic rings. The van der Waals surface area contributed by atoms with Crippen molar-refractivity contribution in [3.05, 3.63) is 0 Å². The zero-order valence-electron chi connectivity index (χ0n) is 10.7. The molecule has 3 N–H and O–H groups in total. The third kappa shape index (κ3) is 1.69. The number of hydrogen-bond donors (Lipinski definition) is 3. The van der Waals surface area contributed by atoms with E-state index in [0.717, 1.165) is 12.8 Å². The van der Waals surface area contributed by atoms with Gasteiger partial charge in [0.05, 0.1) is 12.2 Å². The molecule has 0 saturated carbocycles. The summed E-state index contributed by atoms with van der Waals surface area (Å²) in [7, 11) is 0. The van der Waals surface area contributed by atoms with Gasteiger partial charge in [-0.15, -0.1) is 0 Å². The summed E-state index contributed by atoms with van der Waals surface area (Å²) in [6.45, 7) is 6.29. The van der Waals surface area contributed by atoms with Crippen molar-refractivity contribution in [2.75, 3.05) is 6.61 Å². The Labute approximate surface area is 98.2 Å². The molecule has 16 heavy (non-hydrogen) atoms. The molecule has 3 unspecified atom stereocenters. The van der Waals surface area contributed by atoms with Gasteiger partial charge in [0.1, 0.15) is 0 Å². The lowest BCUT2D eigenvalue weighted by Crippen LogP contribution is -2.59. The van der Waals surface area contributed by atoms with Crippen LogP contribution in [0.25, 0.3) is 0 Å². The van der Waals surface area contributed by atoms with Gasteiger partial charge in [0.2, 0.25) is 0 Å². The van der Waals surface area contributed by atoms with Crippen molar-refractivity contribution in [1.82, 2.24) is 5.32 Å². The first kappa shape index (κ1) is 12.3. The number of fused-ring (bicyclic) bond motifs is 2. The van der Waals surface area contributed by atoms with Gasteiger partial charge in [-0.25, -0.2) is 0 Å². The molecule has 2 aliphatic rings. The Kier molecular flexibility index (Phi) is 3.06. The minimum atomic E-state index is -0.701. The average molecular weight is 227 g/mol. The quantitative estimate of drug-likeness (QED) is 0.681. The Morgan fingerprint density at radius 1 is 1.31 bits per heavy atom. The smallest absolute Gasteiger partial charge is 0.0755 e. The topological polar surface area (TPSA) is 52.5 Å². The minimum Gasteiger partial charge on any atom is -0.396 e. The number of piperidine rings is 1. The highest BCUT2D eigenvalue weighted by Gasteiger charge is 2.54. The van der Waals surface area contributed by atoms with Gasteiger partial charge in [-0.3, -0.25) is 0 Å². The monoisotopic (exact) mass is 227 g/mol. The van der Waals surface area contributed by atoms with E-state index in [0.29, 0.717) is 18.0 Å². The summed E-state index contributed by atoms with van der Waals surface area (Å²) >= 11 is 0. The zero-order valence-corrected chi connectivity index (χ0v) is 10.7. The van der Waals surface area contributed by atoms with E-state index in [1.54, 1.807) is 0 Å². The lowest BCUT2D eigenvalue weighted by Gasteiger charge is -2.51. The van der Waals surface area contributed by atoms with Crippen LogP contribution in [0.4, 0.5) is 0 Å². The molecule has 2 saturated heterocycles. The first-order valence-corrected chi connectivity index (χ1v) is 6.50. The fourth-order valence-electron chi connectivity index (χ4n) is 3.46. The molecule has 3 nitrogen and oxygen atoms in total. The molecule has 3 atom stereocenters. The van der Waals surface area contributed by atoms with E-state index in [1.165, 1.54) is 12.8 Å². The van der Waals surface area contributed by atoms with E-state index in [-0.39, 0.29) is 12.0 Å². The van der Waals surface area contributed by atoms with Crippen LogP contribution in [-0.4, -0.2) is 34.5 Å². The molecule has 2 aliphatic heterocycles. The second-order valence-corrected chi connectivity index (χ2v) is 6.31. The molecule has 0 aromatic carbocycles. The second kappa shape index (κ2) is 3.97. The number of aliphatic hydroxyl groups excluding tert-OH is 1. The lowest BCUT2D eigenvalue weighted by molar-refractivity contribution is -0.147. The van der Waals surface area contributed by atoms with Crippen LogP contribution in [0.2, 0.25) is 0 Å². The summed E-state index contributed by atoms with van der Waals surface area (Å²) in [4.78, 5) is 0. The molecule has 0 aromatic heterocycles. The van der Waals surface area contributed by atoms with Gasteiger partial charge in [-0.2, -0.15) is 0 Å². The highest BCUT2D eigenvalue weighted by atomic mass is 16.3. The maximum atomic E-state index is 10.9. The van der Waals surface area contributed by atoms with Crippen LogP contribution < -0.4 is 5.32 Å². The van der Waals surface area contributed by atoms with Crippen molar-refractivity contribution in [2.24, 2.45) is 11.3 Å². The van der Waals surface area contributed by atoms with Crippen molar-refractivity contribution < 1.29 is 10.2 Å². The number of hydrogen-bond acceptors (Lipinski definition) is 3. The van der Waals surface area contributed by atoms with Gasteiger partial charge in [0, 0.05) is 17.5 Å². The molecule has 2 bridgehead atoms. The largest absolute Gasteiger partial charge is 0.396 e. The third-order valence-corrected chi connectivity index (χ3v) is 5.17. The van der Waals surface area contributed by atoms with Crippen molar-refractivity contribution in [1.29, 1.82) is 0 Å². The summed E-state index contributed by atoms with van der Waals surface area (Å²) in [6, 6.07) is 0.904. The van der Waals surface area contributed by atoms with E-state index < -0.39 is 5.60 Å². The number of rotatable bonds is 3. The van der Waals surface area contributed by atoms with Crippen molar-refractivity contribution >= 4 is 0 Å². The van der Waals surface area contributed by atoms with Crippen LogP contribution in [-0.2, 0) is 0 Å². The second-order valence-electron chi connectivity index (χ2n) is 6.31. The summed E-state index contributed by atoms with van der Waals surface area (Å²) in [5.41, 5.74) is -1.08. The highest BCUT2D eigenvalue weighted by molar-refractivity contribution is 5.07. The Balaban J connectivity index is 2.23. The SMILES string of the molecule is CC(C)C(C)(CO)C1(O)CC2CCC(C1)N2. The predicted octanol–water partition coefficient (Wildman–Crippen LogP) is 1.29. The highest BCUT2D eigenvalue weighted by Crippen LogP contribution is 2.48. The fourth-order valence-corrected chi connectivity index (χ4v) is 3.46. The van der Waals surface area contributed by atoms with Gasteiger partial charge in [-0.05, 0) is 31.6 Å². The van der Waals surface area contributed by atoms with Gasteiger partial charge in [0.25, 0.3) is 0 Å². The van der Waals surface area contributed by atoms with Gasteiger partial charge < -0.3 is 15.5 Å². The molecular formula is C13H25NO2. The normalized spacial score (nSPS) is 42.4. The zero-order chi connectivity index (χ0) is 12.0. The Bertz CT molecular complexity index is 255. The number of aliphatic hydroxyl groups is 2. The van der Waals surface area contributed by atoms with Crippen LogP contribution in [0.3, 0.4) is 0 Å². The van der Waals surface area contributed by atoms with E-state index in [4.69, 9.17) is 0 Å². The van der Waals surface area contributed by atoms with Gasteiger partial charge in [0.15, 0.2) is 0 Å². The molecule has 3 heteroatoms. The minimum absolute atomic E-state index is 0.0700. The summed E-state index contributed by atoms with van der Waals surface area (Å²) in [5, 5.41) is 24.2. The van der Waals surface area contributed by atoms with E-state index in [9.17, 15) is 10.2 Å². The molecule has 94 valence electrons. The van der Waals surface area contributed by atoms with E-state index in [2.05, 4.69) is 19.2 Å². The molecule has 2 heterocycles. The summed E-state index contributed by atoms with van der Waals surface area (Å²) < 4.78 is 0. The van der Waals surface area contributed by atoms with Crippen LogP contribution in [0.15, 0.2) is 0 Å². The molecule has 0 amide bonds. The lowest BCUT2D eigenvalue weighted by atomic mass is 9.62. The average Bonchev–Trinajstić information content (AvgIpc) is 2.56. The summed E-state index contributed by atoms with van der Waals surface area (Å²) in [6.07, 6.45) is 3.93. The van der Waals surface area contributed by atoms with Crippen molar-refractivity contribution in [3.8, 4) is 0 Å². The Morgan fingerprint density at radius 3 is 2.19 bits per heavy atom. The van der Waals surface area contributed by atoms with Crippen molar-refractivity contribution in [2.45, 2.75) is 64.1 Å². The van der Waals surface area contributed by atoms with Crippen LogP contribution in [0.5, 0.6) is 0 Å². The molecule has 0 spiro atoms. The predicted molar refractivity (Wildman–Crippen MR) is 64.2 cm³/mol. The van der Waals surface area contributed by atoms with Gasteiger partial charge >= 0.3 is 0 Å².